The van der Waals surface area contributed by atoms with E-state index in [1.807, 2.05) is 31.2 Å². The third kappa shape index (κ3) is 3.15. The third-order valence-electron chi connectivity index (χ3n) is 1.71. The van der Waals surface area contributed by atoms with Crippen molar-refractivity contribution in [2.24, 2.45) is 5.92 Å². The molecule has 0 saturated carbocycles. The lowest BCUT2D eigenvalue weighted by atomic mass is 10.2. The van der Waals surface area contributed by atoms with E-state index in [9.17, 15) is 0 Å². The minimum absolute atomic E-state index is 0.348. The summed E-state index contributed by atoms with van der Waals surface area (Å²) in [5.74, 6) is 1.69. The van der Waals surface area contributed by atoms with Gasteiger partial charge in [0.25, 0.3) is 0 Å². The molecule has 72 valence electrons. The maximum absolute atomic E-state index is 5.69. The number of nitrogen functional groups attached to an aromatic ring is 1. The van der Waals surface area contributed by atoms with E-state index in [0.717, 1.165) is 5.75 Å². The van der Waals surface area contributed by atoms with Crippen molar-refractivity contribution in [3.8, 4) is 5.75 Å². The van der Waals surface area contributed by atoms with Crippen LogP contribution in [-0.4, -0.2) is 12.5 Å². The van der Waals surface area contributed by atoms with Crippen LogP contribution in [-0.2, 0) is 0 Å². The van der Waals surface area contributed by atoms with Crippen molar-refractivity contribution < 1.29 is 4.74 Å². The van der Waals surface area contributed by atoms with Crippen LogP contribution in [0, 0.1) is 5.92 Å². The predicted octanol–water partition coefficient (Wildman–Crippen LogP) is 2.52. The molecule has 0 bridgehead atoms. The minimum atomic E-state index is 0.348. The SMILES string of the molecule is CC(CCl)COc1ccccc1N. The minimum Gasteiger partial charge on any atom is -0.491 e. The van der Waals surface area contributed by atoms with Gasteiger partial charge in [-0.15, -0.1) is 11.6 Å². The van der Waals surface area contributed by atoms with E-state index in [0.29, 0.717) is 24.1 Å². The van der Waals surface area contributed by atoms with Crippen LogP contribution in [0.15, 0.2) is 24.3 Å². The van der Waals surface area contributed by atoms with Gasteiger partial charge in [0.05, 0.1) is 12.3 Å². The molecule has 0 aliphatic rings. The number of alkyl halides is 1. The maximum Gasteiger partial charge on any atom is 0.142 e. The molecule has 13 heavy (non-hydrogen) atoms. The van der Waals surface area contributed by atoms with Crippen LogP contribution in [0.1, 0.15) is 6.92 Å². The number of para-hydroxylation sites is 2. The van der Waals surface area contributed by atoms with Gasteiger partial charge in [0.15, 0.2) is 0 Å². The summed E-state index contributed by atoms with van der Waals surface area (Å²) in [6, 6.07) is 7.46. The van der Waals surface area contributed by atoms with Gasteiger partial charge in [0.2, 0.25) is 0 Å². The van der Waals surface area contributed by atoms with Crippen molar-refractivity contribution in [1.29, 1.82) is 0 Å². The van der Waals surface area contributed by atoms with Crippen LogP contribution in [0.25, 0.3) is 0 Å². The van der Waals surface area contributed by atoms with Crippen molar-refractivity contribution in [3.63, 3.8) is 0 Å². The van der Waals surface area contributed by atoms with Crippen molar-refractivity contribution in [3.05, 3.63) is 24.3 Å². The second-order valence-electron chi connectivity index (χ2n) is 3.11. The summed E-state index contributed by atoms with van der Waals surface area (Å²) < 4.78 is 5.48. The molecule has 0 spiro atoms. The predicted molar refractivity (Wildman–Crippen MR) is 56.2 cm³/mol. The van der Waals surface area contributed by atoms with E-state index in [2.05, 4.69) is 0 Å². The molecule has 0 aromatic heterocycles. The zero-order chi connectivity index (χ0) is 9.68. The largest absolute Gasteiger partial charge is 0.491 e. The van der Waals surface area contributed by atoms with Gasteiger partial charge >= 0.3 is 0 Å². The molecule has 1 aromatic rings. The molecule has 0 radical (unpaired) electrons. The maximum atomic E-state index is 5.69. The highest BCUT2D eigenvalue weighted by Gasteiger charge is 2.02. The van der Waals surface area contributed by atoms with E-state index in [1.165, 1.54) is 0 Å². The number of rotatable bonds is 4. The first-order valence-corrected chi connectivity index (χ1v) is 4.80. The first-order chi connectivity index (χ1) is 6.24. The Labute approximate surface area is 83.6 Å². The molecule has 0 amide bonds. The van der Waals surface area contributed by atoms with E-state index >= 15 is 0 Å². The number of benzene rings is 1. The zero-order valence-electron chi connectivity index (χ0n) is 7.66. The van der Waals surface area contributed by atoms with Crippen LogP contribution < -0.4 is 10.5 Å². The first-order valence-electron chi connectivity index (χ1n) is 4.27. The first kappa shape index (κ1) is 10.2. The Kier molecular flexibility index (Phi) is 3.90. The van der Waals surface area contributed by atoms with Gasteiger partial charge < -0.3 is 10.5 Å². The normalized spacial score (nSPS) is 12.5. The van der Waals surface area contributed by atoms with Gasteiger partial charge in [-0.05, 0) is 12.1 Å². The van der Waals surface area contributed by atoms with E-state index < -0.39 is 0 Å². The molecule has 0 fully saturated rings. The second kappa shape index (κ2) is 4.97. The summed E-state index contributed by atoms with van der Waals surface area (Å²) in [5, 5.41) is 0. The number of hydrogen-bond donors (Lipinski definition) is 1. The van der Waals surface area contributed by atoms with Crippen molar-refractivity contribution in [1.82, 2.24) is 0 Å². The quantitative estimate of drug-likeness (QED) is 0.598. The second-order valence-corrected chi connectivity index (χ2v) is 3.42. The van der Waals surface area contributed by atoms with E-state index in [-0.39, 0.29) is 0 Å². The van der Waals surface area contributed by atoms with Gasteiger partial charge in [0, 0.05) is 11.8 Å². The summed E-state index contributed by atoms with van der Waals surface area (Å²) in [4.78, 5) is 0. The van der Waals surface area contributed by atoms with Gasteiger partial charge in [-0.1, -0.05) is 19.1 Å². The Morgan fingerprint density at radius 1 is 1.46 bits per heavy atom. The lowest BCUT2D eigenvalue weighted by Crippen LogP contribution is -2.10. The summed E-state index contributed by atoms with van der Waals surface area (Å²) in [5.41, 5.74) is 6.36. The summed E-state index contributed by atoms with van der Waals surface area (Å²) in [6.07, 6.45) is 0. The number of anilines is 1. The Morgan fingerprint density at radius 2 is 2.15 bits per heavy atom. The van der Waals surface area contributed by atoms with Gasteiger partial charge in [-0.25, -0.2) is 0 Å². The average Bonchev–Trinajstić information content (AvgIpc) is 2.16. The van der Waals surface area contributed by atoms with E-state index in [4.69, 9.17) is 22.1 Å². The fraction of sp³-hybridized carbons (Fsp3) is 0.400. The third-order valence-corrected chi connectivity index (χ3v) is 2.23. The molecule has 0 saturated heterocycles. The number of hydrogen-bond acceptors (Lipinski definition) is 2. The van der Waals surface area contributed by atoms with Crippen molar-refractivity contribution in [2.75, 3.05) is 18.2 Å². The Bertz CT molecular complexity index is 265. The zero-order valence-corrected chi connectivity index (χ0v) is 8.42. The smallest absolute Gasteiger partial charge is 0.142 e. The van der Waals surface area contributed by atoms with Crippen LogP contribution in [0.2, 0.25) is 0 Å². The molecule has 1 atom stereocenters. The highest BCUT2D eigenvalue weighted by Crippen LogP contribution is 2.20. The monoisotopic (exact) mass is 199 g/mol. The molecule has 0 aliphatic carbocycles. The molecule has 0 heterocycles. The summed E-state index contributed by atoms with van der Waals surface area (Å²) in [6.45, 7) is 2.64. The molecule has 0 aliphatic heterocycles. The fourth-order valence-corrected chi connectivity index (χ4v) is 0.978. The van der Waals surface area contributed by atoms with Gasteiger partial charge in [-0.2, -0.15) is 0 Å². The topological polar surface area (TPSA) is 35.2 Å². The average molecular weight is 200 g/mol. The molecular formula is C10H14ClNO. The highest BCUT2D eigenvalue weighted by molar-refractivity contribution is 6.18. The molecule has 2 nitrogen and oxygen atoms in total. The Balaban J connectivity index is 2.50. The summed E-state index contributed by atoms with van der Waals surface area (Å²) >= 11 is 5.65. The Hall–Kier alpha value is -0.890. The van der Waals surface area contributed by atoms with Crippen LogP contribution in [0.3, 0.4) is 0 Å². The molecule has 1 aromatic carbocycles. The van der Waals surface area contributed by atoms with Crippen molar-refractivity contribution in [2.45, 2.75) is 6.92 Å². The molecule has 2 N–H and O–H groups in total. The number of halogens is 1. The molecule has 1 unspecified atom stereocenters. The molecule has 3 heteroatoms. The Morgan fingerprint density at radius 3 is 2.77 bits per heavy atom. The molecular weight excluding hydrogens is 186 g/mol. The van der Waals surface area contributed by atoms with E-state index in [1.54, 1.807) is 0 Å². The lowest BCUT2D eigenvalue weighted by molar-refractivity contribution is 0.274. The van der Waals surface area contributed by atoms with Crippen LogP contribution in [0.5, 0.6) is 5.75 Å². The van der Waals surface area contributed by atoms with Crippen molar-refractivity contribution >= 4 is 17.3 Å². The number of ether oxygens (including phenoxy) is 1. The van der Waals surface area contributed by atoms with Crippen LogP contribution >= 0.6 is 11.6 Å². The standard InChI is InChI=1S/C10H14ClNO/c1-8(6-11)7-13-10-5-3-2-4-9(10)12/h2-5,8H,6-7,12H2,1H3. The number of nitrogens with two attached hydrogens (primary N) is 1. The fourth-order valence-electron chi connectivity index (χ4n) is 0.889. The summed E-state index contributed by atoms with van der Waals surface area (Å²) in [7, 11) is 0. The van der Waals surface area contributed by atoms with Crippen LogP contribution in [0.4, 0.5) is 5.69 Å². The highest BCUT2D eigenvalue weighted by atomic mass is 35.5. The molecule has 1 rings (SSSR count). The van der Waals surface area contributed by atoms with Gasteiger partial charge in [0.1, 0.15) is 5.75 Å². The lowest BCUT2D eigenvalue weighted by Gasteiger charge is -2.11. The van der Waals surface area contributed by atoms with Gasteiger partial charge in [-0.3, -0.25) is 0 Å².